The van der Waals surface area contributed by atoms with Crippen LogP contribution < -0.4 is 10.9 Å². The second kappa shape index (κ2) is 5.18. The third kappa shape index (κ3) is 2.94. The summed E-state index contributed by atoms with van der Waals surface area (Å²) >= 11 is 1.35. The van der Waals surface area contributed by atoms with Gasteiger partial charge in [-0.3, -0.25) is 14.2 Å². The molecule has 1 amide bonds. The standard InChI is InChI=1S/C13H13F2N3O2S/c14-13(15)3-1-8(5-13)17-10(19)6-18-7-16-11-9(12(18)20)2-4-21-11/h2,4,7-8H,1,3,5-6H2,(H,17,19). The molecule has 0 spiro atoms. The maximum Gasteiger partial charge on any atom is 0.262 e. The number of rotatable bonds is 3. The zero-order valence-corrected chi connectivity index (χ0v) is 11.8. The Labute approximate surface area is 122 Å². The van der Waals surface area contributed by atoms with Crippen LogP contribution in [0.25, 0.3) is 10.2 Å². The van der Waals surface area contributed by atoms with Crippen molar-refractivity contribution in [2.75, 3.05) is 0 Å². The van der Waals surface area contributed by atoms with E-state index in [4.69, 9.17) is 0 Å². The van der Waals surface area contributed by atoms with Gasteiger partial charge >= 0.3 is 0 Å². The Bertz CT molecular complexity index is 740. The molecule has 2 heterocycles. The molecule has 1 atom stereocenters. The molecule has 0 aromatic carbocycles. The number of halogens is 2. The molecule has 1 aliphatic rings. The minimum atomic E-state index is -2.70. The predicted molar refractivity (Wildman–Crippen MR) is 74.6 cm³/mol. The predicted octanol–water partition coefficient (Wildman–Crippen LogP) is 1.76. The number of hydrogen-bond acceptors (Lipinski definition) is 4. The number of nitrogens with one attached hydrogen (secondary N) is 1. The van der Waals surface area contributed by atoms with Crippen molar-refractivity contribution in [3.05, 3.63) is 28.1 Å². The van der Waals surface area contributed by atoms with Gasteiger partial charge in [-0.1, -0.05) is 0 Å². The molecule has 3 rings (SSSR count). The first-order valence-corrected chi connectivity index (χ1v) is 7.42. The van der Waals surface area contributed by atoms with Crippen LogP contribution in [0.5, 0.6) is 0 Å². The molecule has 0 aliphatic heterocycles. The van der Waals surface area contributed by atoms with Crippen LogP contribution in [0.4, 0.5) is 8.78 Å². The number of hydrogen-bond donors (Lipinski definition) is 1. The Morgan fingerprint density at radius 1 is 1.57 bits per heavy atom. The van der Waals surface area contributed by atoms with Gasteiger partial charge in [0.15, 0.2) is 0 Å². The zero-order valence-electron chi connectivity index (χ0n) is 11.0. The molecule has 0 radical (unpaired) electrons. The number of alkyl halides is 2. The minimum Gasteiger partial charge on any atom is -0.352 e. The number of nitrogens with zero attached hydrogens (tertiary/aromatic N) is 2. The quantitative estimate of drug-likeness (QED) is 0.939. The Morgan fingerprint density at radius 3 is 3.10 bits per heavy atom. The van der Waals surface area contributed by atoms with E-state index in [0.717, 1.165) is 0 Å². The van der Waals surface area contributed by atoms with Crippen molar-refractivity contribution in [1.29, 1.82) is 0 Å². The van der Waals surface area contributed by atoms with Crippen molar-refractivity contribution in [3.63, 3.8) is 0 Å². The fraction of sp³-hybridized carbons (Fsp3) is 0.462. The average Bonchev–Trinajstić information content (AvgIpc) is 3.00. The third-order valence-electron chi connectivity index (χ3n) is 3.53. The van der Waals surface area contributed by atoms with Gasteiger partial charge in [-0.15, -0.1) is 11.3 Å². The molecule has 5 nitrogen and oxygen atoms in total. The fourth-order valence-corrected chi connectivity index (χ4v) is 3.23. The molecule has 2 aromatic rings. The maximum atomic E-state index is 13.1. The molecular formula is C13H13F2N3O2S. The maximum absolute atomic E-state index is 13.1. The Hall–Kier alpha value is -1.83. The van der Waals surface area contributed by atoms with Crippen LogP contribution in [0.2, 0.25) is 0 Å². The molecule has 1 unspecified atom stereocenters. The summed E-state index contributed by atoms with van der Waals surface area (Å²) in [4.78, 5) is 28.7. The second-order valence-electron chi connectivity index (χ2n) is 5.18. The first-order chi connectivity index (χ1) is 9.94. The summed E-state index contributed by atoms with van der Waals surface area (Å²) in [5.41, 5.74) is -0.298. The van der Waals surface area contributed by atoms with Crippen LogP contribution in [0.15, 0.2) is 22.6 Å². The van der Waals surface area contributed by atoms with Gasteiger partial charge in [0.2, 0.25) is 11.8 Å². The molecule has 1 N–H and O–H groups in total. The van der Waals surface area contributed by atoms with Gasteiger partial charge in [0.05, 0.1) is 11.7 Å². The van der Waals surface area contributed by atoms with Gasteiger partial charge in [0, 0.05) is 18.9 Å². The number of carbonyl (C=O) groups excluding carboxylic acids is 1. The molecule has 8 heteroatoms. The van der Waals surface area contributed by atoms with Crippen LogP contribution in [0, 0.1) is 0 Å². The van der Waals surface area contributed by atoms with Crippen LogP contribution in [0.3, 0.4) is 0 Å². The number of amides is 1. The van der Waals surface area contributed by atoms with E-state index in [9.17, 15) is 18.4 Å². The summed E-state index contributed by atoms with van der Waals surface area (Å²) in [6, 6.07) is 1.13. The summed E-state index contributed by atoms with van der Waals surface area (Å²) in [5.74, 6) is -3.15. The number of aromatic nitrogens is 2. The van der Waals surface area contributed by atoms with E-state index < -0.39 is 17.9 Å². The Balaban J connectivity index is 1.69. The van der Waals surface area contributed by atoms with Gasteiger partial charge in [0.25, 0.3) is 5.56 Å². The van der Waals surface area contributed by atoms with E-state index in [1.165, 1.54) is 22.2 Å². The molecule has 112 valence electrons. The van der Waals surface area contributed by atoms with Crippen LogP contribution in [-0.2, 0) is 11.3 Å². The monoisotopic (exact) mass is 313 g/mol. The topological polar surface area (TPSA) is 64.0 Å². The smallest absolute Gasteiger partial charge is 0.262 e. The van der Waals surface area contributed by atoms with E-state index in [1.807, 2.05) is 0 Å². The lowest BCUT2D eigenvalue weighted by Crippen LogP contribution is -2.38. The van der Waals surface area contributed by atoms with E-state index in [0.29, 0.717) is 10.2 Å². The van der Waals surface area contributed by atoms with Gasteiger partial charge < -0.3 is 5.32 Å². The SMILES string of the molecule is O=C(Cn1cnc2sccc2c1=O)NC1CCC(F)(F)C1. The first-order valence-electron chi connectivity index (χ1n) is 6.54. The van der Waals surface area contributed by atoms with E-state index >= 15 is 0 Å². The van der Waals surface area contributed by atoms with E-state index in [2.05, 4.69) is 10.3 Å². The summed E-state index contributed by atoms with van der Waals surface area (Å²) < 4.78 is 27.3. The van der Waals surface area contributed by atoms with E-state index in [1.54, 1.807) is 11.4 Å². The van der Waals surface area contributed by atoms with Crippen LogP contribution in [0.1, 0.15) is 19.3 Å². The second-order valence-corrected chi connectivity index (χ2v) is 6.07. The van der Waals surface area contributed by atoms with Crippen molar-refractivity contribution in [2.45, 2.75) is 37.8 Å². The highest BCUT2D eigenvalue weighted by Crippen LogP contribution is 2.34. The summed E-state index contributed by atoms with van der Waals surface area (Å²) in [5, 5.41) is 4.76. The highest BCUT2D eigenvalue weighted by atomic mass is 32.1. The summed E-state index contributed by atoms with van der Waals surface area (Å²) in [6.07, 6.45) is 1.02. The molecular weight excluding hydrogens is 300 g/mol. The van der Waals surface area contributed by atoms with Gasteiger partial charge in [0.1, 0.15) is 11.4 Å². The highest BCUT2D eigenvalue weighted by Gasteiger charge is 2.39. The van der Waals surface area contributed by atoms with E-state index in [-0.39, 0.29) is 31.4 Å². The normalized spacial score (nSPS) is 20.8. The van der Waals surface area contributed by atoms with Crippen molar-refractivity contribution in [1.82, 2.24) is 14.9 Å². The Kier molecular flexibility index (Phi) is 3.48. The largest absolute Gasteiger partial charge is 0.352 e. The van der Waals surface area contributed by atoms with Gasteiger partial charge in [-0.05, 0) is 17.9 Å². The highest BCUT2D eigenvalue weighted by molar-refractivity contribution is 7.16. The Morgan fingerprint density at radius 2 is 2.38 bits per heavy atom. The average molecular weight is 313 g/mol. The van der Waals surface area contributed by atoms with Crippen molar-refractivity contribution < 1.29 is 13.6 Å². The summed E-state index contributed by atoms with van der Waals surface area (Å²) in [6.45, 7) is -0.209. The molecule has 1 fully saturated rings. The lowest BCUT2D eigenvalue weighted by Gasteiger charge is -2.13. The number of fused-ring (bicyclic) bond motifs is 1. The van der Waals surface area contributed by atoms with Crippen molar-refractivity contribution in [3.8, 4) is 0 Å². The lowest BCUT2D eigenvalue weighted by molar-refractivity contribution is -0.122. The molecule has 1 saturated carbocycles. The van der Waals surface area contributed by atoms with Gasteiger partial charge in [-0.2, -0.15) is 0 Å². The van der Waals surface area contributed by atoms with Crippen LogP contribution in [-0.4, -0.2) is 27.4 Å². The first kappa shape index (κ1) is 14.1. The third-order valence-corrected chi connectivity index (χ3v) is 4.35. The lowest BCUT2D eigenvalue weighted by atomic mass is 10.2. The number of carbonyl (C=O) groups is 1. The molecule has 0 bridgehead atoms. The van der Waals surface area contributed by atoms with Crippen molar-refractivity contribution in [2.24, 2.45) is 0 Å². The molecule has 21 heavy (non-hydrogen) atoms. The van der Waals surface area contributed by atoms with Gasteiger partial charge in [-0.25, -0.2) is 13.8 Å². The minimum absolute atomic E-state index is 0.208. The molecule has 1 aliphatic carbocycles. The van der Waals surface area contributed by atoms with Crippen molar-refractivity contribution >= 4 is 27.5 Å². The molecule has 2 aromatic heterocycles. The van der Waals surface area contributed by atoms with Crippen LogP contribution >= 0.6 is 11.3 Å². The fourth-order valence-electron chi connectivity index (χ4n) is 2.51. The number of thiophene rings is 1. The molecule has 0 saturated heterocycles. The zero-order chi connectivity index (χ0) is 15.0. The summed E-state index contributed by atoms with van der Waals surface area (Å²) in [7, 11) is 0.